The number of rotatable bonds is 0. The highest BCUT2D eigenvalue weighted by molar-refractivity contribution is 7.83. The van der Waals surface area contributed by atoms with Gasteiger partial charge in [-0.25, -0.2) is 0 Å². The van der Waals surface area contributed by atoms with E-state index in [-0.39, 0.29) is 5.48 Å². The zero-order chi connectivity index (χ0) is 6.97. The Hall–Kier alpha value is -0.670. The second-order valence-corrected chi connectivity index (χ2v) is 3.95. The van der Waals surface area contributed by atoms with E-state index < -0.39 is 10.8 Å². The third kappa shape index (κ3) is 1.49. The van der Waals surface area contributed by atoms with Gasteiger partial charge in [-0.2, -0.15) is 0 Å². The van der Waals surface area contributed by atoms with E-state index in [4.69, 9.17) is 0 Å². The number of hydrogen-bond donors (Lipinski definition) is 0. The molecule has 60 valence electrons. The normalized spacial score (nSPS) is 15.6. The van der Waals surface area contributed by atoms with Crippen LogP contribution in [0.2, 0.25) is 0 Å². The third-order valence-corrected chi connectivity index (χ3v) is 3.02. The maximum Gasteiger partial charge on any atom is 0.0492 e. The maximum absolute atomic E-state index is 11.0. The van der Waals surface area contributed by atoms with Gasteiger partial charge in [-0.15, -0.1) is 0 Å². The lowest BCUT2D eigenvalue weighted by Gasteiger charge is -1.91. The summed E-state index contributed by atoms with van der Waals surface area (Å²) < 4.78 is 11.0. The summed E-state index contributed by atoms with van der Waals surface area (Å²) >= 11 is 0. The quantitative estimate of drug-likeness (QED) is 0.563. The molecule has 0 saturated heterocycles. The fourth-order valence-electron chi connectivity index (χ4n) is 1.24. The van der Waals surface area contributed by atoms with Crippen molar-refractivity contribution in [2.24, 2.45) is 0 Å². The number of benzene rings is 1. The summed E-state index contributed by atoms with van der Waals surface area (Å²) in [7, 11) is -0.619. The molecule has 11 heavy (non-hydrogen) atoms. The van der Waals surface area contributed by atoms with Gasteiger partial charge < -0.3 is 5.48 Å². The van der Waals surface area contributed by atoms with Crippen LogP contribution in [0.5, 0.6) is 0 Å². The lowest BCUT2D eigenvalue weighted by molar-refractivity contribution is 0.684. The van der Waals surface area contributed by atoms with Crippen LogP contribution in [0.15, 0.2) is 24.3 Å². The Morgan fingerprint density at radius 2 is 1.55 bits per heavy atom. The number of fused-ring (bicyclic) bond motifs is 1. The Labute approximate surface area is 68.0 Å². The van der Waals surface area contributed by atoms with Crippen molar-refractivity contribution >= 4 is 10.8 Å². The van der Waals surface area contributed by atoms with E-state index in [9.17, 15) is 4.21 Å². The fraction of sp³-hybridized carbons (Fsp3) is 0.250. The van der Waals surface area contributed by atoms with Crippen LogP contribution in [0.3, 0.4) is 0 Å². The third-order valence-electron chi connectivity index (χ3n) is 1.75. The van der Waals surface area contributed by atoms with Gasteiger partial charge in [0.2, 0.25) is 0 Å². The zero-order valence-electron chi connectivity index (χ0n) is 6.04. The van der Waals surface area contributed by atoms with Gasteiger partial charge >= 0.3 is 0 Å². The molecule has 2 nitrogen and oxygen atoms in total. The molecule has 2 rings (SSSR count). The molecule has 3 heteroatoms. The predicted molar refractivity (Wildman–Crippen MR) is 45.6 cm³/mol. The van der Waals surface area contributed by atoms with Crippen molar-refractivity contribution in [3.05, 3.63) is 35.4 Å². The Bertz CT molecular complexity index is 256. The van der Waals surface area contributed by atoms with Crippen LogP contribution in [-0.4, -0.2) is 9.69 Å². The Balaban J connectivity index is 0.000000605. The monoisotopic (exact) mass is 170 g/mol. The van der Waals surface area contributed by atoms with Gasteiger partial charge in [0.15, 0.2) is 0 Å². The lowest BCUT2D eigenvalue weighted by Crippen LogP contribution is -1.82. The summed E-state index contributed by atoms with van der Waals surface area (Å²) in [6.07, 6.45) is 0. The minimum atomic E-state index is -0.619. The minimum Gasteiger partial charge on any atom is -0.412 e. The average molecular weight is 170 g/mol. The van der Waals surface area contributed by atoms with Crippen molar-refractivity contribution in [2.75, 3.05) is 0 Å². The second-order valence-electron chi connectivity index (χ2n) is 2.50. The van der Waals surface area contributed by atoms with Gasteiger partial charge in [0.1, 0.15) is 0 Å². The van der Waals surface area contributed by atoms with E-state index in [0.29, 0.717) is 0 Å². The first-order chi connectivity index (χ1) is 4.86. The van der Waals surface area contributed by atoms with E-state index in [1.165, 1.54) is 11.1 Å². The zero-order valence-corrected chi connectivity index (χ0v) is 6.86. The summed E-state index contributed by atoms with van der Waals surface area (Å²) in [5.41, 5.74) is 2.53. The van der Waals surface area contributed by atoms with E-state index >= 15 is 0 Å². The lowest BCUT2D eigenvalue weighted by atomic mass is 10.1. The summed E-state index contributed by atoms with van der Waals surface area (Å²) in [4.78, 5) is 0. The smallest absolute Gasteiger partial charge is 0.0492 e. The van der Waals surface area contributed by atoms with Crippen LogP contribution in [0, 0.1) is 0 Å². The molecular formula is C8H10O2S. The van der Waals surface area contributed by atoms with Gasteiger partial charge in [-0.1, -0.05) is 24.3 Å². The van der Waals surface area contributed by atoms with Gasteiger partial charge in [-0.05, 0) is 11.1 Å². The van der Waals surface area contributed by atoms with E-state index in [1.54, 1.807) is 0 Å². The molecule has 0 radical (unpaired) electrons. The average Bonchev–Trinajstić information content (AvgIpc) is 2.27. The molecule has 0 fully saturated rings. The largest absolute Gasteiger partial charge is 0.412 e. The summed E-state index contributed by atoms with van der Waals surface area (Å²) in [5.74, 6) is 1.52. The van der Waals surface area contributed by atoms with Crippen molar-refractivity contribution in [2.45, 2.75) is 11.5 Å². The van der Waals surface area contributed by atoms with Crippen molar-refractivity contribution in [3.8, 4) is 0 Å². The number of hydrogen-bond acceptors (Lipinski definition) is 1. The molecular weight excluding hydrogens is 160 g/mol. The molecule has 0 atom stereocenters. The van der Waals surface area contributed by atoms with Crippen LogP contribution >= 0.6 is 0 Å². The topological polar surface area (TPSA) is 48.6 Å². The van der Waals surface area contributed by atoms with Crippen LogP contribution in [-0.2, 0) is 22.3 Å². The molecule has 0 aromatic heterocycles. The van der Waals surface area contributed by atoms with Crippen molar-refractivity contribution < 1.29 is 9.69 Å². The Morgan fingerprint density at radius 3 is 2.00 bits per heavy atom. The molecule has 0 unspecified atom stereocenters. The molecule has 1 aliphatic rings. The van der Waals surface area contributed by atoms with Gasteiger partial charge in [0.05, 0.1) is 0 Å². The Morgan fingerprint density at radius 1 is 1.09 bits per heavy atom. The van der Waals surface area contributed by atoms with Crippen LogP contribution in [0.1, 0.15) is 11.1 Å². The standard InChI is InChI=1S/C8H8OS.H2O/c9-10-5-7-3-1-2-4-8(7)6-10;/h1-4H,5-6H2;1H2. The molecule has 1 heterocycles. The van der Waals surface area contributed by atoms with Crippen LogP contribution in [0.4, 0.5) is 0 Å². The Kier molecular flexibility index (Phi) is 2.42. The van der Waals surface area contributed by atoms with Gasteiger partial charge in [-0.3, -0.25) is 4.21 Å². The molecule has 2 N–H and O–H groups in total. The highest BCUT2D eigenvalue weighted by Crippen LogP contribution is 2.20. The van der Waals surface area contributed by atoms with E-state index in [1.807, 2.05) is 12.1 Å². The molecule has 0 aliphatic carbocycles. The highest BCUT2D eigenvalue weighted by atomic mass is 32.2. The first kappa shape index (κ1) is 8.43. The van der Waals surface area contributed by atoms with Gasteiger partial charge in [0, 0.05) is 22.3 Å². The second kappa shape index (κ2) is 3.15. The molecule has 1 aliphatic heterocycles. The molecule has 0 spiro atoms. The summed E-state index contributed by atoms with van der Waals surface area (Å²) in [5, 5.41) is 0. The molecule has 1 aromatic carbocycles. The highest BCUT2D eigenvalue weighted by Gasteiger charge is 2.14. The molecule has 0 saturated carbocycles. The fourth-order valence-corrected chi connectivity index (χ4v) is 2.60. The van der Waals surface area contributed by atoms with Gasteiger partial charge in [0.25, 0.3) is 0 Å². The molecule has 0 bridgehead atoms. The van der Waals surface area contributed by atoms with Crippen molar-refractivity contribution in [1.82, 2.24) is 0 Å². The first-order valence-electron chi connectivity index (χ1n) is 3.28. The summed E-state index contributed by atoms with van der Waals surface area (Å²) in [6, 6.07) is 8.11. The molecule has 1 aromatic rings. The summed E-state index contributed by atoms with van der Waals surface area (Å²) in [6.45, 7) is 0. The van der Waals surface area contributed by atoms with Crippen molar-refractivity contribution in [3.63, 3.8) is 0 Å². The SMILES string of the molecule is O.O=S1Cc2ccccc2C1. The maximum atomic E-state index is 11.0. The van der Waals surface area contributed by atoms with Crippen LogP contribution in [0.25, 0.3) is 0 Å². The minimum absolute atomic E-state index is 0. The van der Waals surface area contributed by atoms with Crippen molar-refractivity contribution in [1.29, 1.82) is 0 Å². The first-order valence-corrected chi connectivity index (χ1v) is 4.77. The van der Waals surface area contributed by atoms with Crippen LogP contribution < -0.4 is 0 Å². The van der Waals surface area contributed by atoms with E-state index in [0.717, 1.165) is 11.5 Å². The molecule has 0 amide bonds. The predicted octanol–water partition coefficient (Wildman–Crippen LogP) is 0.624. The van der Waals surface area contributed by atoms with E-state index in [2.05, 4.69) is 12.1 Å².